The SMILES string of the molecule is Cc1cc2c(NCCCCCO)nc(-c3ccccc3)nc2[nH]1. The molecule has 0 saturated carbocycles. The Kier molecular flexibility index (Phi) is 4.88. The van der Waals surface area contributed by atoms with E-state index in [0.717, 1.165) is 59.7 Å². The lowest BCUT2D eigenvalue weighted by Gasteiger charge is -2.09. The number of hydrogen-bond donors (Lipinski definition) is 3. The van der Waals surface area contributed by atoms with Crippen molar-refractivity contribution >= 4 is 16.9 Å². The number of anilines is 1. The van der Waals surface area contributed by atoms with Gasteiger partial charge in [-0.2, -0.15) is 0 Å². The summed E-state index contributed by atoms with van der Waals surface area (Å²) in [6, 6.07) is 12.1. The molecule has 0 saturated heterocycles. The molecule has 0 bridgehead atoms. The Hall–Kier alpha value is -2.40. The van der Waals surface area contributed by atoms with Crippen molar-refractivity contribution in [3.63, 3.8) is 0 Å². The van der Waals surface area contributed by atoms with Crippen LogP contribution in [0.5, 0.6) is 0 Å². The van der Waals surface area contributed by atoms with Crippen LogP contribution in [-0.2, 0) is 0 Å². The molecule has 3 N–H and O–H groups in total. The lowest BCUT2D eigenvalue weighted by molar-refractivity contribution is 0.283. The highest BCUT2D eigenvalue weighted by molar-refractivity contribution is 5.89. The summed E-state index contributed by atoms with van der Waals surface area (Å²) in [5.41, 5.74) is 2.93. The van der Waals surface area contributed by atoms with Crippen LogP contribution in [0.4, 0.5) is 5.82 Å². The molecule has 3 aromatic rings. The van der Waals surface area contributed by atoms with Gasteiger partial charge in [0.25, 0.3) is 0 Å². The fourth-order valence-corrected chi connectivity index (χ4v) is 2.61. The summed E-state index contributed by atoms with van der Waals surface area (Å²) in [6.07, 6.45) is 2.87. The topological polar surface area (TPSA) is 73.8 Å². The van der Waals surface area contributed by atoms with Crippen molar-refractivity contribution in [1.82, 2.24) is 15.0 Å². The van der Waals surface area contributed by atoms with Crippen LogP contribution in [0.2, 0.25) is 0 Å². The van der Waals surface area contributed by atoms with Gasteiger partial charge in [-0.05, 0) is 32.3 Å². The first-order valence-electron chi connectivity index (χ1n) is 8.05. The summed E-state index contributed by atoms with van der Waals surface area (Å²) in [5, 5.41) is 13.3. The van der Waals surface area contributed by atoms with Gasteiger partial charge in [0, 0.05) is 24.4 Å². The number of aliphatic hydroxyl groups excluding tert-OH is 1. The Morgan fingerprint density at radius 2 is 1.91 bits per heavy atom. The second-order valence-corrected chi connectivity index (χ2v) is 5.69. The molecule has 5 nitrogen and oxygen atoms in total. The summed E-state index contributed by atoms with van der Waals surface area (Å²) < 4.78 is 0. The highest BCUT2D eigenvalue weighted by Crippen LogP contribution is 2.25. The molecule has 0 fully saturated rings. The molecule has 23 heavy (non-hydrogen) atoms. The number of H-pyrrole nitrogens is 1. The Balaban J connectivity index is 1.88. The quantitative estimate of drug-likeness (QED) is 0.584. The average Bonchev–Trinajstić information content (AvgIpc) is 2.95. The number of aromatic nitrogens is 3. The van der Waals surface area contributed by atoms with Crippen LogP contribution in [0.3, 0.4) is 0 Å². The van der Waals surface area contributed by atoms with Crippen LogP contribution in [0.25, 0.3) is 22.4 Å². The first kappa shape index (κ1) is 15.5. The van der Waals surface area contributed by atoms with Crippen LogP contribution >= 0.6 is 0 Å². The second kappa shape index (κ2) is 7.24. The molecule has 0 atom stereocenters. The largest absolute Gasteiger partial charge is 0.396 e. The van der Waals surface area contributed by atoms with Crippen molar-refractivity contribution in [2.24, 2.45) is 0 Å². The fourth-order valence-electron chi connectivity index (χ4n) is 2.61. The number of aromatic amines is 1. The number of aliphatic hydroxyl groups is 1. The third-order valence-electron chi connectivity index (χ3n) is 3.78. The van der Waals surface area contributed by atoms with Crippen LogP contribution in [0.1, 0.15) is 25.0 Å². The van der Waals surface area contributed by atoms with Crippen molar-refractivity contribution in [3.05, 3.63) is 42.1 Å². The van der Waals surface area contributed by atoms with E-state index in [9.17, 15) is 0 Å². The lowest BCUT2D eigenvalue weighted by Crippen LogP contribution is -2.05. The zero-order chi connectivity index (χ0) is 16.1. The molecule has 2 heterocycles. The molecule has 0 spiro atoms. The first-order chi connectivity index (χ1) is 11.3. The Morgan fingerprint density at radius 3 is 2.70 bits per heavy atom. The molecule has 3 rings (SSSR count). The summed E-state index contributed by atoms with van der Waals surface area (Å²) >= 11 is 0. The van der Waals surface area contributed by atoms with Gasteiger partial charge >= 0.3 is 0 Å². The number of aryl methyl sites for hydroxylation is 1. The minimum atomic E-state index is 0.257. The van der Waals surface area contributed by atoms with Gasteiger partial charge in [-0.15, -0.1) is 0 Å². The molecule has 0 aliphatic heterocycles. The molecule has 120 valence electrons. The van der Waals surface area contributed by atoms with Crippen molar-refractivity contribution in [2.45, 2.75) is 26.2 Å². The Labute approximate surface area is 135 Å². The van der Waals surface area contributed by atoms with E-state index in [1.54, 1.807) is 0 Å². The van der Waals surface area contributed by atoms with Gasteiger partial charge in [0.2, 0.25) is 0 Å². The van der Waals surface area contributed by atoms with E-state index in [1.807, 2.05) is 37.3 Å². The van der Waals surface area contributed by atoms with E-state index in [1.165, 1.54) is 0 Å². The summed E-state index contributed by atoms with van der Waals surface area (Å²) in [7, 11) is 0. The van der Waals surface area contributed by atoms with Crippen LogP contribution in [0.15, 0.2) is 36.4 Å². The van der Waals surface area contributed by atoms with E-state index in [-0.39, 0.29) is 6.61 Å². The molecule has 0 amide bonds. The molecule has 0 aliphatic rings. The zero-order valence-electron chi connectivity index (χ0n) is 13.3. The number of rotatable bonds is 7. The maximum atomic E-state index is 8.84. The smallest absolute Gasteiger partial charge is 0.163 e. The van der Waals surface area contributed by atoms with E-state index in [4.69, 9.17) is 10.1 Å². The number of unbranched alkanes of at least 4 members (excludes halogenated alkanes) is 2. The van der Waals surface area contributed by atoms with Gasteiger partial charge in [0.05, 0.1) is 5.39 Å². The third kappa shape index (κ3) is 3.68. The maximum Gasteiger partial charge on any atom is 0.163 e. The maximum absolute atomic E-state index is 8.84. The molecule has 0 unspecified atom stereocenters. The minimum absolute atomic E-state index is 0.257. The molecular weight excluding hydrogens is 288 g/mol. The number of benzene rings is 1. The first-order valence-corrected chi connectivity index (χ1v) is 8.05. The molecule has 1 aromatic carbocycles. The van der Waals surface area contributed by atoms with Crippen molar-refractivity contribution in [2.75, 3.05) is 18.5 Å². The monoisotopic (exact) mass is 310 g/mol. The minimum Gasteiger partial charge on any atom is -0.396 e. The normalized spacial score (nSPS) is 11.0. The van der Waals surface area contributed by atoms with Gasteiger partial charge in [0.1, 0.15) is 11.5 Å². The van der Waals surface area contributed by atoms with Gasteiger partial charge in [-0.3, -0.25) is 0 Å². The van der Waals surface area contributed by atoms with Gasteiger partial charge in [0.15, 0.2) is 5.82 Å². The van der Waals surface area contributed by atoms with Crippen LogP contribution in [0, 0.1) is 6.92 Å². The standard InChI is InChI=1S/C18H22N4O/c1-13-12-15-17(19-10-6-3-7-11-23)21-16(22-18(15)20-13)14-8-4-2-5-9-14/h2,4-5,8-9,12,23H,3,6-7,10-11H2,1H3,(H2,19,20,21,22). The number of fused-ring (bicyclic) bond motifs is 1. The van der Waals surface area contributed by atoms with Crippen molar-refractivity contribution in [3.8, 4) is 11.4 Å². The molecule has 0 aliphatic carbocycles. The van der Waals surface area contributed by atoms with E-state index >= 15 is 0 Å². The van der Waals surface area contributed by atoms with Crippen LogP contribution < -0.4 is 5.32 Å². The van der Waals surface area contributed by atoms with E-state index in [2.05, 4.69) is 21.4 Å². The summed E-state index contributed by atoms with van der Waals surface area (Å²) in [5.74, 6) is 1.58. The van der Waals surface area contributed by atoms with Crippen molar-refractivity contribution in [1.29, 1.82) is 0 Å². The van der Waals surface area contributed by atoms with Gasteiger partial charge in [-0.1, -0.05) is 30.3 Å². The highest BCUT2D eigenvalue weighted by Gasteiger charge is 2.11. The second-order valence-electron chi connectivity index (χ2n) is 5.69. The van der Waals surface area contributed by atoms with Gasteiger partial charge < -0.3 is 15.4 Å². The van der Waals surface area contributed by atoms with Gasteiger partial charge in [-0.25, -0.2) is 9.97 Å². The predicted molar refractivity (Wildman–Crippen MR) is 93.5 cm³/mol. The van der Waals surface area contributed by atoms with E-state index in [0.29, 0.717) is 0 Å². The highest BCUT2D eigenvalue weighted by atomic mass is 16.2. The van der Waals surface area contributed by atoms with E-state index < -0.39 is 0 Å². The fraction of sp³-hybridized carbons (Fsp3) is 0.333. The Morgan fingerprint density at radius 1 is 1.09 bits per heavy atom. The van der Waals surface area contributed by atoms with Crippen molar-refractivity contribution < 1.29 is 5.11 Å². The number of hydrogen-bond acceptors (Lipinski definition) is 4. The summed E-state index contributed by atoms with van der Waals surface area (Å²) in [4.78, 5) is 12.7. The molecular formula is C18H22N4O. The number of nitrogens with one attached hydrogen (secondary N) is 2. The summed E-state index contributed by atoms with van der Waals surface area (Å²) in [6.45, 7) is 3.12. The number of nitrogens with zero attached hydrogens (tertiary/aromatic N) is 2. The predicted octanol–water partition coefficient (Wildman–Crippen LogP) is 3.51. The molecule has 0 radical (unpaired) electrons. The average molecular weight is 310 g/mol. The lowest BCUT2D eigenvalue weighted by atomic mass is 10.2. The van der Waals surface area contributed by atoms with Crippen LogP contribution in [-0.4, -0.2) is 33.2 Å². The molecule has 2 aromatic heterocycles. The third-order valence-corrected chi connectivity index (χ3v) is 3.78. The zero-order valence-corrected chi connectivity index (χ0v) is 13.3. The molecule has 5 heteroatoms. The Bertz CT molecular complexity index is 767.